The van der Waals surface area contributed by atoms with Crippen molar-refractivity contribution in [3.05, 3.63) is 23.9 Å². The summed E-state index contributed by atoms with van der Waals surface area (Å²) in [4.78, 5) is 18.1. The third-order valence-corrected chi connectivity index (χ3v) is 3.95. The predicted octanol–water partition coefficient (Wildman–Crippen LogP) is 0.374. The Labute approximate surface area is 106 Å². The Balaban J connectivity index is 1.74. The van der Waals surface area contributed by atoms with E-state index in [2.05, 4.69) is 15.2 Å². The SMILES string of the molecule is Nc1cc(CN2CCCC3C(=O)NCC32)ccn1. The van der Waals surface area contributed by atoms with Crippen molar-refractivity contribution in [1.82, 2.24) is 15.2 Å². The number of rotatable bonds is 2. The third-order valence-electron chi connectivity index (χ3n) is 3.95. The summed E-state index contributed by atoms with van der Waals surface area (Å²) in [5, 5.41) is 2.97. The summed E-state index contributed by atoms with van der Waals surface area (Å²) in [5.41, 5.74) is 6.87. The van der Waals surface area contributed by atoms with Gasteiger partial charge in [0.05, 0.1) is 5.92 Å². The van der Waals surface area contributed by atoms with Crippen molar-refractivity contribution in [2.45, 2.75) is 25.4 Å². The number of nitrogens with one attached hydrogen (secondary N) is 1. The molecular formula is C13H18N4O. The molecule has 5 heteroatoms. The van der Waals surface area contributed by atoms with Crippen LogP contribution in [-0.2, 0) is 11.3 Å². The van der Waals surface area contributed by atoms with Crippen LogP contribution in [0, 0.1) is 5.92 Å². The van der Waals surface area contributed by atoms with Crippen molar-refractivity contribution in [2.75, 3.05) is 18.8 Å². The lowest BCUT2D eigenvalue weighted by Gasteiger charge is -2.35. The van der Waals surface area contributed by atoms with Gasteiger partial charge in [0.15, 0.2) is 0 Å². The molecule has 2 aliphatic heterocycles. The van der Waals surface area contributed by atoms with Gasteiger partial charge in [-0.15, -0.1) is 0 Å². The Morgan fingerprint density at radius 1 is 1.56 bits per heavy atom. The minimum absolute atomic E-state index is 0.179. The molecule has 0 spiro atoms. The molecule has 0 radical (unpaired) electrons. The highest BCUT2D eigenvalue weighted by molar-refractivity contribution is 5.82. The number of carbonyl (C=O) groups excluding carboxylic acids is 1. The van der Waals surface area contributed by atoms with Gasteiger partial charge < -0.3 is 11.1 Å². The first-order chi connectivity index (χ1) is 8.74. The van der Waals surface area contributed by atoms with Crippen LogP contribution in [0.4, 0.5) is 5.82 Å². The topological polar surface area (TPSA) is 71.2 Å². The van der Waals surface area contributed by atoms with Crippen LogP contribution in [0.3, 0.4) is 0 Å². The molecule has 2 fully saturated rings. The van der Waals surface area contributed by atoms with Crippen LogP contribution in [0.5, 0.6) is 0 Å². The lowest BCUT2D eigenvalue weighted by Crippen LogP contribution is -2.44. The molecule has 1 aromatic heterocycles. The second-order valence-corrected chi connectivity index (χ2v) is 5.12. The number of aromatic nitrogens is 1. The molecule has 0 bridgehead atoms. The van der Waals surface area contributed by atoms with E-state index in [-0.39, 0.29) is 11.8 Å². The van der Waals surface area contributed by atoms with E-state index < -0.39 is 0 Å². The first-order valence-corrected chi connectivity index (χ1v) is 6.46. The van der Waals surface area contributed by atoms with Gasteiger partial charge in [0, 0.05) is 25.3 Å². The Bertz CT molecular complexity index is 462. The lowest BCUT2D eigenvalue weighted by molar-refractivity contribution is -0.124. The normalized spacial score (nSPS) is 27.9. The standard InChI is InChI=1S/C13H18N4O/c14-12-6-9(3-4-15-12)8-17-5-1-2-10-11(17)7-16-13(10)18/h3-4,6,10-11H,1-2,5,7-8H2,(H2,14,15)(H,16,18). The highest BCUT2D eigenvalue weighted by Gasteiger charge is 2.40. The molecule has 96 valence electrons. The first-order valence-electron chi connectivity index (χ1n) is 6.46. The lowest BCUT2D eigenvalue weighted by atomic mass is 9.91. The largest absolute Gasteiger partial charge is 0.384 e. The summed E-state index contributed by atoms with van der Waals surface area (Å²) in [6.07, 6.45) is 3.85. The minimum atomic E-state index is 0.179. The average Bonchev–Trinajstić information content (AvgIpc) is 2.73. The highest BCUT2D eigenvalue weighted by Crippen LogP contribution is 2.28. The monoisotopic (exact) mass is 246 g/mol. The number of hydrogen-bond donors (Lipinski definition) is 2. The summed E-state index contributed by atoms with van der Waals surface area (Å²) in [6.45, 7) is 2.69. The summed E-state index contributed by atoms with van der Waals surface area (Å²) < 4.78 is 0. The number of fused-ring (bicyclic) bond motifs is 1. The van der Waals surface area contributed by atoms with Gasteiger partial charge in [0.1, 0.15) is 5.82 Å². The molecule has 2 atom stereocenters. The molecule has 1 amide bonds. The van der Waals surface area contributed by atoms with E-state index in [9.17, 15) is 4.79 Å². The number of pyridine rings is 1. The zero-order chi connectivity index (χ0) is 12.5. The maximum atomic E-state index is 11.7. The smallest absolute Gasteiger partial charge is 0.224 e. The molecule has 3 N–H and O–H groups in total. The minimum Gasteiger partial charge on any atom is -0.384 e. The molecule has 2 aliphatic rings. The maximum Gasteiger partial charge on any atom is 0.224 e. The quantitative estimate of drug-likeness (QED) is 0.791. The summed E-state index contributed by atoms with van der Waals surface area (Å²) in [6, 6.07) is 4.25. The molecule has 0 aromatic carbocycles. The summed E-state index contributed by atoms with van der Waals surface area (Å²) >= 11 is 0. The van der Waals surface area contributed by atoms with E-state index in [0.29, 0.717) is 11.9 Å². The number of likely N-dealkylation sites (tertiary alicyclic amines) is 1. The zero-order valence-electron chi connectivity index (χ0n) is 10.3. The van der Waals surface area contributed by atoms with Gasteiger partial charge in [0.25, 0.3) is 0 Å². The van der Waals surface area contributed by atoms with E-state index in [4.69, 9.17) is 5.73 Å². The number of nitrogen functional groups attached to an aromatic ring is 1. The second-order valence-electron chi connectivity index (χ2n) is 5.12. The average molecular weight is 246 g/mol. The molecular weight excluding hydrogens is 228 g/mol. The fraction of sp³-hybridized carbons (Fsp3) is 0.538. The van der Waals surface area contributed by atoms with Gasteiger partial charge in [-0.25, -0.2) is 4.98 Å². The van der Waals surface area contributed by atoms with Crippen LogP contribution in [0.15, 0.2) is 18.3 Å². The van der Waals surface area contributed by atoms with Crippen LogP contribution in [0.25, 0.3) is 0 Å². The highest BCUT2D eigenvalue weighted by atomic mass is 16.2. The van der Waals surface area contributed by atoms with Gasteiger partial charge in [-0.1, -0.05) is 0 Å². The molecule has 2 saturated heterocycles. The Morgan fingerprint density at radius 3 is 3.28 bits per heavy atom. The number of amides is 1. The number of nitrogens with two attached hydrogens (primary N) is 1. The Hall–Kier alpha value is -1.62. The number of carbonyl (C=O) groups is 1. The zero-order valence-corrected chi connectivity index (χ0v) is 10.3. The fourth-order valence-electron chi connectivity index (χ4n) is 3.06. The summed E-state index contributed by atoms with van der Waals surface area (Å²) in [5.74, 6) is 0.957. The van der Waals surface area contributed by atoms with Crippen molar-refractivity contribution in [1.29, 1.82) is 0 Å². The van der Waals surface area contributed by atoms with Gasteiger partial charge in [-0.05, 0) is 37.1 Å². The third kappa shape index (κ3) is 2.06. The molecule has 0 saturated carbocycles. The molecule has 2 unspecified atom stereocenters. The molecule has 1 aromatic rings. The van der Waals surface area contributed by atoms with Gasteiger partial charge in [0.2, 0.25) is 5.91 Å². The van der Waals surface area contributed by atoms with E-state index in [0.717, 1.165) is 32.5 Å². The van der Waals surface area contributed by atoms with Gasteiger partial charge >= 0.3 is 0 Å². The Kier molecular flexibility index (Phi) is 2.91. The fourth-order valence-corrected chi connectivity index (χ4v) is 3.06. The number of anilines is 1. The molecule has 3 rings (SSSR count). The van der Waals surface area contributed by atoms with Crippen LogP contribution < -0.4 is 11.1 Å². The maximum absolute atomic E-state index is 11.7. The van der Waals surface area contributed by atoms with Crippen molar-refractivity contribution in [2.24, 2.45) is 5.92 Å². The number of hydrogen-bond acceptors (Lipinski definition) is 4. The molecule has 3 heterocycles. The van der Waals surface area contributed by atoms with E-state index in [1.54, 1.807) is 6.20 Å². The van der Waals surface area contributed by atoms with Crippen molar-refractivity contribution in [3.8, 4) is 0 Å². The van der Waals surface area contributed by atoms with Crippen LogP contribution in [0.1, 0.15) is 18.4 Å². The molecule has 0 aliphatic carbocycles. The first kappa shape index (κ1) is 11.5. The number of piperidine rings is 1. The van der Waals surface area contributed by atoms with Crippen LogP contribution in [-0.4, -0.2) is 34.9 Å². The summed E-state index contributed by atoms with van der Waals surface area (Å²) in [7, 11) is 0. The number of nitrogens with zero attached hydrogens (tertiary/aromatic N) is 2. The van der Waals surface area contributed by atoms with Gasteiger partial charge in [-0.2, -0.15) is 0 Å². The van der Waals surface area contributed by atoms with E-state index in [1.165, 1.54) is 5.56 Å². The van der Waals surface area contributed by atoms with Crippen molar-refractivity contribution in [3.63, 3.8) is 0 Å². The van der Waals surface area contributed by atoms with Gasteiger partial charge in [-0.3, -0.25) is 9.69 Å². The Morgan fingerprint density at radius 2 is 2.44 bits per heavy atom. The van der Waals surface area contributed by atoms with Crippen molar-refractivity contribution >= 4 is 11.7 Å². The van der Waals surface area contributed by atoms with Crippen molar-refractivity contribution < 1.29 is 4.79 Å². The second kappa shape index (κ2) is 4.57. The predicted molar refractivity (Wildman–Crippen MR) is 68.6 cm³/mol. The van der Waals surface area contributed by atoms with Crippen LogP contribution >= 0.6 is 0 Å². The molecule has 18 heavy (non-hydrogen) atoms. The van der Waals surface area contributed by atoms with E-state index in [1.807, 2.05) is 12.1 Å². The van der Waals surface area contributed by atoms with E-state index >= 15 is 0 Å². The van der Waals surface area contributed by atoms with Crippen LogP contribution in [0.2, 0.25) is 0 Å². The molecule has 5 nitrogen and oxygen atoms in total.